The minimum atomic E-state index is 0. The van der Waals surface area contributed by atoms with Crippen LogP contribution in [0.1, 0.15) is 19.3 Å². The summed E-state index contributed by atoms with van der Waals surface area (Å²) in [6, 6.07) is 11.0. The Morgan fingerprint density at radius 1 is 1.14 bits per heavy atom. The Morgan fingerprint density at radius 2 is 1.96 bits per heavy atom. The van der Waals surface area contributed by atoms with Gasteiger partial charge in [0, 0.05) is 50.6 Å². The molecule has 28 heavy (non-hydrogen) atoms. The van der Waals surface area contributed by atoms with E-state index in [1.165, 1.54) is 0 Å². The Morgan fingerprint density at radius 3 is 2.75 bits per heavy atom. The number of hydrogen-bond acceptors (Lipinski definition) is 4. The second-order valence-corrected chi connectivity index (χ2v) is 6.28. The number of benzene rings is 1. The maximum atomic E-state index is 11.7. The van der Waals surface area contributed by atoms with Gasteiger partial charge in [0.2, 0.25) is 5.56 Å². The number of fused-ring (bicyclic) bond motifs is 1. The molecule has 0 saturated carbocycles. The van der Waals surface area contributed by atoms with E-state index in [0.717, 1.165) is 49.5 Å². The molecule has 1 aliphatic heterocycles. The summed E-state index contributed by atoms with van der Waals surface area (Å²) in [6.45, 7) is 2.83. The number of aromatic nitrogens is 1. The third-order valence-corrected chi connectivity index (χ3v) is 4.25. The lowest BCUT2D eigenvalue weighted by atomic mass is 10.2. The summed E-state index contributed by atoms with van der Waals surface area (Å²) in [6.07, 6.45) is 4.55. The molecule has 2 N–H and O–H groups in total. The molecule has 0 radical (unpaired) electrons. The molecule has 0 unspecified atom stereocenters. The van der Waals surface area contributed by atoms with Crippen molar-refractivity contribution in [1.82, 2.24) is 9.88 Å². The van der Waals surface area contributed by atoms with Crippen molar-refractivity contribution >= 4 is 35.6 Å². The smallest absolute Gasteiger partial charge is 0.250 e. The number of rotatable bonds is 6. The highest BCUT2D eigenvalue weighted by molar-refractivity contribution is 14.0. The fourth-order valence-corrected chi connectivity index (χ4v) is 2.82. The van der Waals surface area contributed by atoms with Gasteiger partial charge in [-0.05, 0) is 31.0 Å². The number of anilines is 1. The van der Waals surface area contributed by atoms with Crippen LogP contribution in [0.15, 0.2) is 52.4 Å². The minimum Gasteiger partial charge on any atom is -0.490 e. The largest absolute Gasteiger partial charge is 0.490 e. The van der Waals surface area contributed by atoms with Gasteiger partial charge in [-0.15, -0.1) is 24.0 Å². The predicted octanol–water partition coefficient (Wildman–Crippen LogP) is 3.10. The van der Waals surface area contributed by atoms with Crippen LogP contribution < -0.4 is 25.7 Å². The summed E-state index contributed by atoms with van der Waals surface area (Å²) in [5, 5.41) is 6.56. The first kappa shape index (κ1) is 22.1. The van der Waals surface area contributed by atoms with Gasteiger partial charge in [0.25, 0.3) is 0 Å². The topological polar surface area (TPSA) is 76.9 Å². The van der Waals surface area contributed by atoms with E-state index < -0.39 is 0 Å². The number of aliphatic imine (C=N–C) groups is 1. The van der Waals surface area contributed by atoms with Crippen LogP contribution in [0.25, 0.3) is 0 Å². The third-order valence-electron chi connectivity index (χ3n) is 4.25. The van der Waals surface area contributed by atoms with Crippen molar-refractivity contribution in [3.8, 4) is 11.5 Å². The number of aryl methyl sites for hydroxylation is 1. The first-order chi connectivity index (χ1) is 13.3. The second-order valence-electron chi connectivity index (χ2n) is 6.28. The summed E-state index contributed by atoms with van der Waals surface area (Å²) in [5.41, 5.74) is 0.931. The average molecular weight is 498 g/mol. The maximum Gasteiger partial charge on any atom is 0.250 e. The van der Waals surface area contributed by atoms with Gasteiger partial charge in [0.1, 0.15) is 0 Å². The van der Waals surface area contributed by atoms with Crippen LogP contribution in [-0.2, 0) is 6.54 Å². The zero-order chi connectivity index (χ0) is 18.9. The monoisotopic (exact) mass is 498 g/mol. The van der Waals surface area contributed by atoms with Crippen LogP contribution in [0.5, 0.6) is 11.5 Å². The molecule has 0 amide bonds. The van der Waals surface area contributed by atoms with Crippen LogP contribution in [-0.4, -0.2) is 37.3 Å². The normalized spacial score (nSPS) is 13.2. The Kier molecular flexibility index (Phi) is 9.12. The number of pyridine rings is 1. The van der Waals surface area contributed by atoms with Crippen molar-refractivity contribution in [2.75, 3.05) is 32.1 Å². The van der Waals surface area contributed by atoms with Gasteiger partial charge in [-0.3, -0.25) is 9.79 Å². The highest BCUT2D eigenvalue weighted by Gasteiger charge is 2.11. The molecule has 8 heteroatoms. The number of hydrogen-bond donors (Lipinski definition) is 2. The third kappa shape index (κ3) is 6.43. The summed E-state index contributed by atoms with van der Waals surface area (Å²) in [4.78, 5) is 15.9. The van der Waals surface area contributed by atoms with Gasteiger partial charge in [0.05, 0.1) is 13.2 Å². The summed E-state index contributed by atoms with van der Waals surface area (Å²) < 4.78 is 13.1. The molecule has 3 rings (SSSR count). The van der Waals surface area contributed by atoms with Crippen LogP contribution in [0.2, 0.25) is 0 Å². The predicted molar refractivity (Wildman–Crippen MR) is 122 cm³/mol. The van der Waals surface area contributed by atoms with Gasteiger partial charge in [-0.25, -0.2) is 0 Å². The lowest BCUT2D eigenvalue weighted by Gasteiger charge is -2.14. The molecule has 0 spiro atoms. The number of nitrogens with zero attached hydrogens (tertiary/aromatic N) is 2. The molecular formula is C20H27IN4O3. The van der Waals surface area contributed by atoms with Crippen LogP contribution in [0.3, 0.4) is 0 Å². The molecule has 1 aromatic carbocycles. The number of halogens is 1. The molecule has 1 aromatic heterocycles. The second kappa shape index (κ2) is 11.6. The maximum absolute atomic E-state index is 11.7. The molecular weight excluding hydrogens is 471 g/mol. The molecule has 2 heterocycles. The van der Waals surface area contributed by atoms with E-state index in [1.54, 1.807) is 23.7 Å². The van der Waals surface area contributed by atoms with Crippen molar-refractivity contribution in [2.45, 2.75) is 25.8 Å². The van der Waals surface area contributed by atoms with E-state index in [4.69, 9.17) is 9.47 Å². The van der Waals surface area contributed by atoms with Crippen molar-refractivity contribution in [2.24, 2.45) is 4.99 Å². The van der Waals surface area contributed by atoms with Crippen molar-refractivity contribution in [3.05, 3.63) is 52.9 Å². The van der Waals surface area contributed by atoms with E-state index in [9.17, 15) is 4.79 Å². The lowest BCUT2D eigenvalue weighted by Crippen LogP contribution is -2.31. The number of unbranched alkanes of at least 4 members (excludes halogenated alkanes) is 1. The zero-order valence-corrected chi connectivity index (χ0v) is 18.3. The van der Waals surface area contributed by atoms with Gasteiger partial charge < -0.3 is 24.7 Å². The summed E-state index contributed by atoms with van der Waals surface area (Å²) >= 11 is 0. The molecule has 7 nitrogen and oxygen atoms in total. The molecule has 0 saturated heterocycles. The summed E-state index contributed by atoms with van der Waals surface area (Å²) in [7, 11) is 1.74. The minimum absolute atomic E-state index is 0. The van der Waals surface area contributed by atoms with Crippen molar-refractivity contribution in [1.29, 1.82) is 0 Å². The standard InChI is InChI=1S/C20H26N4O3.HI/c1-21-20(22-10-3-5-12-24-11-4-2-7-19(24)25)23-16-8-9-17-18(15-16)27-14-6-13-26-17;/h2,4,7-9,11,15H,3,5-6,10,12-14H2,1H3,(H2,21,22,23);1H. The van der Waals surface area contributed by atoms with E-state index in [-0.39, 0.29) is 29.5 Å². The van der Waals surface area contributed by atoms with Crippen LogP contribution >= 0.6 is 24.0 Å². The lowest BCUT2D eigenvalue weighted by molar-refractivity contribution is 0.297. The van der Waals surface area contributed by atoms with Crippen molar-refractivity contribution in [3.63, 3.8) is 0 Å². The van der Waals surface area contributed by atoms with Crippen LogP contribution in [0.4, 0.5) is 5.69 Å². The Bertz CT molecular complexity index is 838. The molecule has 152 valence electrons. The number of guanidine groups is 1. The Hall–Kier alpha value is -2.23. The molecule has 0 fully saturated rings. The molecule has 1 aliphatic rings. The van der Waals surface area contributed by atoms with E-state index in [1.807, 2.05) is 30.5 Å². The highest BCUT2D eigenvalue weighted by Crippen LogP contribution is 2.32. The van der Waals surface area contributed by atoms with Gasteiger partial charge in [0.15, 0.2) is 17.5 Å². The fourth-order valence-electron chi connectivity index (χ4n) is 2.82. The Labute approximate surface area is 182 Å². The number of ether oxygens (including phenoxy) is 2. The van der Waals surface area contributed by atoms with Gasteiger partial charge in [-0.2, -0.15) is 0 Å². The summed E-state index contributed by atoms with van der Waals surface area (Å²) in [5.74, 6) is 2.22. The van der Waals surface area contributed by atoms with Crippen LogP contribution in [0, 0.1) is 0 Å². The average Bonchev–Trinajstić information content (AvgIpc) is 2.93. The first-order valence-corrected chi connectivity index (χ1v) is 9.29. The fraction of sp³-hybridized carbons (Fsp3) is 0.400. The SMILES string of the molecule is CN=C(NCCCCn1ccccc1=O)Nc1ccc2c(c1)OCCCO2.I. The highest BCUT2D eigenvalue weighted by atomic mass is 127. The quantitative estimate of drug-likeness (QED) is 0.277. The molecule has 2 aromatic rings. The molecule has 0 aliphatic carbocycles. The molecule has 0 atom stereocenters. The van der Waals surface area contributed by atoms with Crippen molar-refractivity contribution < 1.29 is 9.47 Å². The Balaban J connectivity index is 0.00000280. The van der Waals surface area contributed by atoms with E-state index >= 15 is 0 Å². The number of nitrogens with one attached hydrogen (secondary N) is 2. The first-order valence-electron chi connectivity index (χ1n) is 9.29. The van der Waals surface area contributed by atoms with E-state index in [0.29, 0.717) is 19.2 Å². The van der Waals surface area contributed by atoms with E-state index in [2.05, 4.69) is 15.6 Å². The van der Waals surface area contributed by atoms with Gasteiger partial charge in [-0.1, -0.05) is 6.07 Å². The molecule has 0 bridgehead atoms. The van der Waals surface area contributed by atoms with Gasteiger partial charge >= 0.3 is 0 Å². The zero-order valence-electron chi connectivity index (χ0n) is 16.0.